The summed E-state index contributed by atoms with van der Waals surface area (Å²) in [6.07, 6.45) is 1.64. The zero-order valence-electron chi connectivity index (χ0n) is 9.82. The molecule has 90 valence electrons. The zero-order chi connectivity index (χ0) is 11.5. The summed E-state index contributed by atoms with van der Waals surface area (Å²) >= 11 is 0. The molecule has 15 heavy (non-hydrogen) atoms. The Hall–Kier alpha value is -0.130. The van der Waals surface area contributed by atoms with E-state index in [0.717, 1.165) is 12.8 Å². The minimum absolute atomic E-state index is 0.257. The van der Waals surface area contributed by atoms with Crippen LogP contribution in [0.15, 0.2) is 0 Å². The van der Waals surface area contributed by atoms with Crippen LogP contribution < -0.4 is 0 Å². The van der Waals surface area contributed by atoms with Crippen molar-refractivity contribution in [3.05, 3.63) is 0 Å². The molecule has 1 rings (SSSR count). The van der Waals surface area contributed by atoms with Gasteiger partial charge in [-0.05, 0) is 20.3 Å². The second-order valence-electron chi connectivity index (χ2n) is 4.61. The van der Waals surface area contributed by atoms with Crippen LogP contribution in [0.1, 0.15) is 33.6 Å². The van der Waals surface area contributed by atoms with Crippen LogP contribution in [0.25, 0.3) is 0 Å². The summed E-state index contributed by atoms with van der Waals surface area (Å²) in [5.74, 6) is 0.257. The summed E-state index contributed by atoms with van der Waals surface area (Å²) in [5, 5.41) is 0. The minimum Gasteiger partial charge on any atom is -0.378 e. The molecular weight excluding hydrogens is 214 g/mol. The van der Waals surface area contributed by atoms with Crippen molar-refractivity contribution in [1.29, 1.82) is 0 Å². The third-order valence-electron chi connectivity index (χ3n) is 2.66. The first-order valence-electron chi connectivity index (χ1n) is 5.48. The highest BCUT2D eigenvalue weighted by atomic mass is 32.2. The number of hydrogen-bond donors (Lipinski definition) is 0. The lowest BCUT2D eigenvalue weighted by molar-refractivity contribution is -0.00769. The van der Waals surface area contributed by atoms with Crippen molar-refractivity contribution in [2.45, 2.75) is 39.2 Å². The van der Waals surface area contributed by atoms with Crippen LogP contribution in [0, 0.1) is 0 Å². The lowest BCUT2D eigenvalue weighted by Crippen LogP contribution is -2.55. The quantitative estimate of drug-likeness (QED) is 0.736. The van der Waals surface area contributed by atoms with Crippen LogP contribution in [-0.2, 0) is 14.8 Å². The van der Waals surface area contributed by atoms with E-state index in [9.17, 15) is 8.42 Å². The summed E-state index contributed by atoms with van der Waals surface area (Å²) in [5.41, 5.74) is -0.398. The fraction of sp³-hybridized carbons (Fsp3) is 1.00. The Balaban J connectivity index is 2.76. The molecular formula is C10H21NO3S. The van der Waals surface area contributed by atoms with Gasteiger partial charge in [-0.2, -0.15) is 4.31 Å². The van der Waals surface area contributed by atoms with Crippen LogP contribution >= 0.6 is 0 Å². The lowest BCUT2D eigenvalue weighted by atomic mass is 10.1. The number of rotatable bonds is 4. The molecule has 0 unspecified atom stereocenters. The fourth-order valence-electron chi connectivity index (χ4n) is 1.80. The maximum absolute atomic E-state index is 12.0. The standard InChI is InChI=1S/C10H21NO3S/c1-4-5-8-15(12,13)11-6-7-14-9-10(11,2)3/h4-9H2,1-3H3. The van der Waals surface area contributed by atoms with E-state index in [2.05, 4.69) is 0 Å². The Morgan fingerprint density at radius 1 is 1.40 bits per heavy atom. The van der Waals surface area contributed by atoms with Crippen molar-refractivity contribution in [2.24, 2.45) is 0 Å². The van der Waals surface area contributed by atoms with E-state index in [-0.39, 0.29) is 5.75 Å². The summed E-state index contributed by atoms with van der Waals surface area (Å²) < 4.78 is 31.0. The highest BCUT2D eigenvalue weighted by Gasteiger charge is 2.38. The van der Waals surface area contributed by atoms with Gasteiger partial charge in [-0.3, -0.25) is 0 Å². The van der Waals surface area contributed by atoms with Crippen molar-refractivity contribution in [3.8, 4) is 0 Å². The van der Waals surface area contributed by atoms with E-state index in [1.165, 1.54) is 0 Å². The number of ether oxygens (including phenoxy) is 1. The molecule has 0 bridgehead atoms. The first kappa shape index (κ1) is 12.9. The van der Waals surface area contributed by atoms with Crippen molar-refractivity contribution in [2.75, 3.05) is 25.5 Å². The molecule has 4 nitrogen and oxygen atoms in total. The van der Waals surface area contributed by atoms with Gasteiger partial charge in [-0.1, -0.05) is 13.3 Å². The van der Waals surface area contributed by atoms with E-state index in [1.807, 2.05) is 20.8 Å². The molecule has 1 heterocycles. The van der Waals surface area contributed by atoms with Gasteiger partial charge in [0.2, 0.25) is 10.0 Å². The third kappa shape index (κ3) is 3.16. The fourth-order valence-corrected chi connectivity index (χ4v) is 3.83. The Kier molecular flexibility index (Phi) is 4.14. The normalized spacial score (nSPS) is 22.9. The molecule has 0 aliphatic carbocycles. The summed E-state index contributed by atoms with van der Waals surface area (Å²) in [7, 11) is -3.10. The Labute approximate surface area is 92.7 Å². The first-order chi connectivity index (χ1) is 6.90. The summed E-state index contributed by atoms with van der Waals surface area (Å²) in [6, 6.07) is 0. The minimum atomic E-state index is -3.10. The van der Waals surface area contributed by atoms with E-state index < -0.39 is 15.6 Å². The largest absolute Gasteiger partial charge is 0.378 e. The molecule has 1 fully saturated rings. The second kappa shape index (κ2) is 4.80. The average molecular weight is 235 g/mol. The van der Waals surface area contributed by atoms with Crippen molar-refractivity contribution in [3.63, 3.8) is 0 Å². The molecule has 1 aliphatic rings. The van der Waals surface area contributed by atoms with E-state index in [1.54, 1.807) is 4.31 Å². The molecule has 5 heteroatoms. The van der Waals surface area contributed by atoms with E-state index >= 15 is 0 Å². The van der Waals surface area contributed by atoms with Crippen LogP contribution in [0.3, 0.4) is 0 Å². The van der Waals surface area contributed by atoms with Gasteiger partial charge < -0.3 is 4.74 Å². The predicted octanol–water partition coefficient (Wildman–Crippen LogP) is 1.23. The van der Waals surface area contributed by atoms with Crippen LogP contribution in [-0.4, -0.2) is 43.8 Å². The van der Waals surface area contributed by atoms with Gasteiger partial charge in [0, 0.05) is 6.54 Å². The highest BCUT2D eigenvalue weighted by molar-refractivity contribution is 7.89. The SMILES string of the molecule is CCCCS(=O)(=O)N1CCOCC1(C)C. The molecule has 0 spiro atoms. The number of unbranched alkanes of at least 4 members (excludes halogenated alkanes) is 1. The molecule has 0 N–H and O–H groups in total. The number of morpholine rings is 1. The Morgan fingerprint density at radius 2 is 2.07 bits per heavy atom. The van der Waals surface area contributed by atoms with Crippen LogP contribution in [0.2, 0.25) is 0 Å². The van der Waals surface area contributed by atoms with Gasteiger partial charge in [0.15, 0.2) is 0 Å². The smallest absolute Gasteiger partial charge is 0.214 e. The zero-order valence-corrected chi connectivity index (χ0v) is 10.6. The van der Waals surface area contributed by atoms with Crippen molar-refractivity contribution >= 4 is 10.0 Å². The molecule has 0 aromatic heterocycles. The predicted molar refractivity (Wildman–Crippen MR) is 60.3 cm³/mol. The van der Waals surface area contributed by atoms with Gasteiger partial charge in [0.05, 0.1) is 24.5 Å². The van der Waals surface area contributed by atoms with E-state index in [0.29, 0.717) is 19.8 Å². The van der Waals surface area contributed by atoms with Gasteiger partial charge >= 0.3 is 0 Å². The van der Waals surface area contributed by atoms with Crippen molar-refractivity contribution < 1.29 is 13.2 Å². The monoisotopic (exact) mass is 235 g/mol. The van der Waals surface area contributed by atoms with Gasteiger partial charge in [0.1, 0.15) is 0 Å². The molecule has 1 saturated heterocycles. The first-order valence-corrected chi connectivity index (χ1v) is 7.09. The van der Waals surface area contributed by atoms with Crippen LogP contribution in [0.5, 0.6) is 0 Å². The summed E-state index contributed by atoms with van der Waals surface area (Å²) in [4.78, 5) is 0. The topological polar surface area (TPSA) is 46.6 Å². The molecule has 0 aromatic carbocycles. The average Bonchev–Trinajstić information content (AvgIpc) is 2.13. The van der Waals surface area contributed by atoms with E-state index in [4.69, 9.17) is 4.74 Å². The van der Waals surface area contributed by atoms with Gasteiger partial charge in [0.25, 0.3) is 0 Å². The number of hydrogen-bond acceptors (Lipinski definition) is 3. The molecule has 0 radical (unpaired) electrons. The summed E-state index contributed by atoms with van der Waals surface area (Å²) in [6.45, 7) is 7.30. The maximum atomic E-state index is 12.0. The molecule has 0 atom stereocenters. The Morgan fingerprint density at radius 3 is 2.60 bits per heavy atom. The Bertz CT molecular complexity index is 298. The molecule has 0 amide bonds. The van der Waals surface area contributed by atoms with Gasteiger partial charge in [-0.25, -0.2) is 8.42 Å². The molecule has 1 aliphatic heterocycles. The lowest BCUT2D eigenvalue weighted by Gasteiger charge is -2.40. The van der Waals surface area contributed by atoms with Crippen LogP contribution in [0.4, 0.5) is 0 Å². The highest BCUT2D eigenvalue weighted by Crippen LogP contribution is 2.23. The van der Waals surface area contributed by atoms with Crippen molar-refractivity contribution in [1.82, 2.24) is 4.31 Å². The maximum Gasteiger partial charge on any atom is 0.214 e. The number of nitrogens with zero attached hydrogens (tertiary/aromatic N) is 1. The molecule has 0 aromatic rings. The third-order valence-corrected chi connectivity index (χ3v) is 4.81. The van der Waals surface area contributed by atoms with Gasteiger partial charge in [-0.15, -0.1) is 0 Å². The second-order valence-corrected chi connectivity index (χ2v) is 6.62. The number of sulfonamides is 1. The molecule has 0 saturated carbocycles.